The first-order chi connectivity index (χ1) is 13.3. The number of piperidine rings is 1. The van der Waals surface area contributed by atoms with Gasteiger partial charge in [-0.15, -0.1) is 5.10 Å². The average molecular weight is 410 g/mol. The van der Waals surface area contributed by atoms with Crippen LogP contribution < -0.4 is 10.2 Å². The normalized spacial score (nSPS) is 21.0. The maximum absolute atomic E-state index is 13.1. The molecule has 1 amide bonds. The zero-order valence-corrected chi connectivity index (χ0v) is 17.3. The number of rotatable bonds is 7. The lowest BCUT2D eigenvalue weighted by atomic mass is 9.94. The van der Waals surface area contributed by atoms with Crippen molar-refractivity contribution in [3.8, 4) is 0 Å². The van der Waals surface area contributed by atoms with E-state index in [0.29, 0.717) is 42.5 Å². The van der Waals surface area contributed by atoms with Crippen LogP contribution in [0.1, 0.15) is 33.6 Å². The summed E-state index contributed by atoms with van der Waals surface area (Å²) in [6, 6.07) is 4.64. The molecule has 1 fully saturated rings. The van der Waals surface area contributed by atoms with Crippen molar-refractivity contribution in [2.45, 2.75) is 38.5 Å². The van der Waals surface area contributed by atoms with Crippen LogP contribution in [0, 0.1) is 11.8 Å². The van der Waals surface area contributed by atoms with Crippen LogP contribution in [0.2, 0.25) is 0 Å². The second-order valence-corrected chi connectivity index (χ2v) is 9.44. The van der Waals surface area contributed by atoms with Gasteiger partial charge in [0, 0.05) is 19.6 Å². The molecule has 0 radical (unpaired) electrons. The molecule has 2 heterocycles. The molecular formula is C18H27N5O4S. The van der Waals surface area contributed by atoms with Crippen LogP contribution in [0.15, 0.2) is 23.1 Å². The molecular weight excluding hydrogens is 382 g/mol. The molecule has 1 aromatic heterocycles. The van der Waals surface area contributed by atoms with Gasteiger partial charge < -0.3 is 10.2 Å². The van der Waals surface area contributed by atoms with Gasteiger partial charge in [0.1, 0.15) is 11.0 Å². The van der Waals surface area contributed by atoms with Crippen LogP contribution >= 0.6 is 0 Å². The Morgan fingerprint density at radius 3 is 2.68 bits per heavy atom. The van der Waals surface area contributed by atoms with Crippen molar-refractivity contribution in [3.05, 3.63) is 18.2 Å². The molecule has 9 nitrogen and oxygen atoms in total. The summed E-state index contributed by atoms with van der Waals surface area (Å²) in [6.45, 7) is 7.45. The SMILES string of the molecule is CCCNC(=O)COn1nnc2ccc(S(=O)(=O)N3C[C@@H](C)C[C@H](C)C3)cc21. The Morgan fingerprint density at radius 1 is 1.29 bits per heavy atom. The van der Waals surface area contributed by atoms with Crippen molar-refractivity contribution in [1.82, 2.24) is 24.8 Å². The number of nitrogens with one attached hydrogen (secondary N) is 1. The van der Waals surface area contributed by atoms with Crippen LogP contribution in [0.25, 0.3) is 11.0 Å². The zero-order valence-electron chi connectivity index (χ0n) is 16.5. The number of sulfonamides is 1. The van der Waals surface area contributed by atoms with E-state index in [0.717, 1.165) is 17.7 Å². The highest BCUT2D eigenvalue weighted by Gasteiger charge is 2.32. The van der Waals surface area contributed by atoms with E-state index >= 15 is 0 Å². The second-order valence-electron chi connectivity index (χ2n) is 7.50. The van der Waals surface area contributed by atoms with Crippen molar-refractivity contribution in [2.24, 2.45) is 11.8 Å². The third-order valence-electron chi connectivity index (χ3n) is 4.75. The van der Waals surface area contributed by atoms with E-state index in [2.05, 4.69) is 29.5 Å². The van der Waals surface area contributed by atoms with Gasteiger partial charge in [0.05, 0.1) is 4.90 Å². The zero-order chi connectivity index (χ0) is 20.3. The average Bonchev–Trinajstić information content (AvgIpc) is 3.06. The molecule has 0 bridgehead atoms. The minimum Gasteiger partial charge on any atom is -0.385 e. The van der Waals surface area contributed by atoms with Crippen molar-refractivity contribution in [2.75, 3.05) is 26.2 Å². The third-order valence-corrected chi connectivity index (χ3v) is 6.58. The molecule has 1 saturated heterocycles. The van der Waals surface area contributed by atoms with Gasteiger partial charge in [-0.3, -0.25) is 4.79 Å². The summed E-state index contributed by atoms with van der Waals surface area (Å²) in [6.07, 6.45) is 1.85. The maximum atomic E-state index is 13.1. The molecule has 0 aliphatic carbocycles. The Bertz CT molecular complexity index is 933. The Labute approximate surface area is 165 Å². The second kappa shape index (κ2) is 8.44. The van der Waals surface area contributed by atoms with Gasteiger partial charge in [0.2, 0.25) is 10.0 Å². The number of hydrogen-bond donors (Lipinski definition) is 1. The maximum Gasteiger partial charge on any atom is 0.260 e. The minimum absolute atomic E-state index is 0.170. The molecule has 28 heavy (non-hydrogen) atoms. The fourth-order valence-corrected chi connectivity index (χ4v) is 5.22. The largest absolute Gasteiger partial charge is 0.385 e. The first-order valence-corrected chi connectivity index (χ1v) is 11.0. The van der Waals surface area contributed by atoms with Gasteiger partial charge in [-0.05, 0) is 48.1 Å². The first-order valence-electron chi connectivity index (χ1n) is 9.57. The Morgan fingerprint density at radius 2 is 2.00 bits per heavy atom. The Balaban J connectivity index is 1.82. The molecule has 1 N–H and O–H groups in total. The predicted octanol–water partition coefficient (Wildman–Crippen LogP) is 1.05. The molecule has 1 aliphatic rings. The highest BCUT2D eigenvalue weighted by molar-refractivity contribution is 7.89. The monoisotopic (exact) mass is 409 g/mol. The van der Waals surface area contributed by atoms with Crippen molar-refractivity contribution >= 4 is 27.0 Å². The molecule has 3 rings (SSSR count). The number of nitrogens with zero attached hydrogens (tertiary/aromatic N) is 4. The third kappa shape index (κ3) is 4.44. The molecule has 0 spiro atoms. The number of benzene rings is 1. The van der Waals surface area contributed by atoms with Crippen molar-refractivity contribution in [3.63, 3.8) is 0 Å². The summed E-state index contributed by atoms with van der Waals surface area (Å²) in [5, 5.41) is 10.5. The molecule has 1 aromatic carbocycles. The lowest BCUT2D eigenvalue weighted by Gasteiger charge is -2.34. The van der Waals surface area contributed by atoms with E-state index in [4.69, 9.17) is 4.84 Å². The Kier molecular flexibility index (Phi) is 6.19. The molecule has 2 atom stereocenters. The van der Waals surface area contributed by atoms with Crippen LogP contribution in [0.4, 0.5) is 0 Å². The van der Waals surface area contributed by atoms with E-state index < -0.39 is 10.0 Å². The highest BCUT2D eigenvalue weighted by atomic mass is 32.2. The molecule has 0 saturated carbocycles. The van der Waals surface area contributed by atoms with Gasteiger partial charge in [0.25, 0.3) is 5.91 Å². The summed E-state index contributed by atoms with van der Waals surface area (Å²) >= 11 is 0. The van der Waals surface area contributed by atoms with Crippen molar-refractivity contribution < 1.29 is 18.0 Å². The summed E-state index contributed by atoms with van der Waals surface area (Å²) in [5.41, 5.74) is 0.899. The van der Waals surface area contributed by atoms with E-state index in [9.17, 15) is 13.2 Å². The van der Waals surface area contributed by atoms with Crippen LogP contribution in [-0.2, 0) is 14.8 Å². The Hall–Kier alpha value is -2.20. The predicted molar refractivity (Wildman–Crippen MR) is 104 cm³/mol. The van der Waals surface area contributed by atoms with Crippen LogP contribution in [-0.4, -0.2) is 60.0 Å². The van der Waals surface area contributed by atoms with Gasteiger partial charge in [-0.2, -0.15) is 4.31 Å². The molecule has 154 valence electrons. The summed E-state index contributed by atoms with van der Waals surface area (Å²) in [7, 11) is -3.63. The van der Waals surface area contributed by atoms with Crippen molar-refractivity contribution in [1.29, 1.82) is 0 Å². The van der Waals surface area contributed by atoms with Crippen LogP contribution in [0.3, 0.4) is 0 Å². The van der Waals surface area contributed by atoms with Gasteiger partial charge >= 0.3 is 0 Å². The lowest BCUT2D eigenvalue weighted by Crippen LogP contribution is -2.42. The summed E-state index contributed by atoms with van der Waals surface area (Å²) < 4.78 is 27.8. The molecule has 0 unspecified atom stereocenters. The smallest absolute Gasteiger partial charge is 0.260 e. The number of fused-ring (bicyclic) bond motifs is 1. The van der Waals surface area contributed by atoms with Gasteiger partial charge in [-0.25, -0.2) is 8.42 Å². The lowest BCUT2D eigenvalue weighted by molar-refractivity contribution is -0.126. The molecule has 1 aliphatic heterocycles. The van der Waals surface area contributed by atoms with E-state index in [1.165, 1.54) is 12.1 Å². The highest BCUT2D eigenvalue weighted by Crippen LogP contribution is 2.27. The van der Waals surface area contributed by atoms with E-state index in [-0.39, 0.29) is 17.4 Å². The quantitative estimate of drug-likeness (QED) is 0.733. The fraction of sp³-hybridized carbons (Fsp3) is 0.611. The number of carbonyl (C=O) groups excluding carboxylic acids is 1. The summed E-state index contributed by atoms with van der Waals surface area (Å²) in [4.78, 5) is 18.4. The minimum atomic E-state index is -3.63. The number of aromatic nitrogens is 3. The van der Waals surface area contributed by atoms with Crippen LogP contribution in [0.5, 0.6) is 0 Å². The number of hydrogen-bond acceptors (Lipinski definition) is 6. The van der Waals surface area contributed by atoms with Gasteiger partial charge in [0.15, 0.2) is 6.61 Å². The fourth-order valence-electron chi connectivity index (χ4n) is 3.52. The molecule has 2 aromatic rings. The van der Waals surface area contributed by atoms with E-state index in [1.807, 2.05) is 6.92 Å². The number of carbonyl (C=O) groups is 1. The topological polar surface area (TPSA) is 106 Å². The van der Waals surface area contributed by atoms with E-state index in [1.54, 1.807) is 10.4 Å². The van der Waals surface area contributed by atoms with Gasteiger partial charge in [-0.1, -0.05) is 25.6 Å². The summed E-state index contributed by atoms with van der Waals surface area (Å²) in [5.74, 6) is 0.365. The standard InChI is InChI=1S/C18H27N5O4S/c1-4-7-19-18(24)12-27-23-17-9-15(5-6-16(17)20-21-23)28(25,26)22-10-13(2)8-14(3)11-22/h5-6,9,13-14H,4,7-8,10-12H2,1-3H3,(H,19,24)/t13-,14-/m0/s1. The number of amides is 1. The molecule has 10 heteroatoms. The first kappa shape index (κ1) is 20.5.